The van der Waals surface area contributed by atoms with Crippen LogP contribution < -0.4 is 0 Å². The first-order valence-electron chi connectivity index (χ1n) is 31.5. The van der Waals surface area contributed by atoms with Crippen LogP contribution in [-0.2, 0) is 28.6 Å². The molecule has 6 heteroatoms. The average Bonchev–Trinajstić information content (AvgIpc) is 3.44. The number of esters is 3. The molecule has 0 rings (SSSR count). The van der Waals surface area contributed by atoms with E-state index in [1.54, 1.807) is 0 Å². The van der Waals surface area contributed by atoms with Gasteiger partial charge in [-0.15, -0.1) is 0 Å². The van der Waals surface area contributed by atoms with E-state index in [1.807, 2.05) is 0 Å². The van der Waals surface area contributed by atoms with Gasteiger partial charge in [0.25, 0.3) is 0 Å². The first kappa shape index (κ1) is 73.0. The van der Waals surface area contributed by atoms with Gasteiger partial charge in [-0.1, -0.05) is 256 Å². The fraction of sp³-hybridized carbons (Fsp3) is 0.597. The van der Waals surface area contributed by atoms with Crippen molar-refractivity contribution in [3.8, 4) is 0 Å². The van der Waals surface area contributed by atoms with Crippen molar-refractivity contribution in [1.29, 1.82) is 0 Å². The van der Waals surface area contributed by atoms with Crippen LogP contribution >= 0.6 is 0 Å². The van der Waals surface area contributed by atoms with E-state index in [4.69, 9.17) is 14.2 Å². The second-order valence-electron chi connectivity index (χ2n) is 20.2. The van der Waals surface area contributed by atoms with Crippen LogP contribution in [0, 0.1) is 0 Å². The molecule has 0 fully saturated rings. The first-order chi connectivity index (χ1) is 38.5. The quantitative estimate of drug-likeness (QED) is 0.0261. The van der Waals surface area contributed by atoms with Gasteiger partial charge >= 0.3 is 17.9 Å². The van der Waals surface area contributed by atoms with E-state index in [1.165, 1.54) is 44.9 Å². The Labute approximate surface area is 480 Å². The van der Waals surface area contributed by atoms with Crippen LogP contribution in [0.2, 0.25) is 0 Å². The van der Waals surface area contributed by atoms with Crippen molar-refractivity contribution in [3.63, 3.8) is 0 Å². The maximum Gasteiger partial charge on any atom is 0.306 e. The number of carbonyl (C=O) groups is 3. The third-order valence-corrected chi connectivity index (χ3v) is 12.7. The van der Waals surface area contributed by atoms with E-state index in [-0.39, 0.29) is 37.5 Å². The van der Waals surface area contributed by atoms with Crippen molar-refractivity contribution in [1.82, 2.24) is 0 Å². The number of ether oxygens (including phenoxy) is 3. The normalized spacial score (nSPS) is 13.2. The summed E-state index contributed by atoms with van der Waals surface area (Å²) in [5.74, 6) is -0.957. The number of allylic oxidation sites excluding steroid dienone is 26. The number of unbranched alkanes of at least 4 members (excludes halogenated alkanes) is 18. The summed E-state index contributed by atoms with van der Waals surface area (Å²) in [4.78, 5) is 38.3. The highest BCUT2D eigenvalue weighted by atomic mass is 16.6. The third-order valence-electron chi connectivity index (χ3n) is 12.7. The monoisotopic (exact) mass is 1070 g/mol. The summed E-state index contributed by atoms with van der Waals surface area (Å²) in [6.45, 7) is 6.32. The fourth-order valence-electron chi connectivity index (χ4n) is 8.08. The third kappa shape index (κ3) is 61.9. The molecule has 1 atom stereocenters. The summed E-state index contributed by atoms with van der Waals surface area (Å²) in [6.07, 6.45) is 93.8. The standard InChI is InChI=1S/C72H114O6/c1-4-7-10-13-16-19-22-25-28-30-31-32-33-34-35-36-37-38-39-40-41-43-44-47-50-53-56-59-62-65-71(74)77-68-69(67-76-70(73)64-61-58-55-52-49-46-27-24-21-18-15-12-9-6-3)78-72(75)66-63-60-57-54-51-48-45-42-29-26-23-20-17-14-11-8-5-2/h7-8,10-11,15-20,24-29,31-32,34-35,37-38,40-41,45,48,69H,4-6,9,12-14,21-23,30,33,36,39,42-44,46-47,49-68H2,1-3H3/b10-7-,11-8-,18-15-,19-16-,20-17-,27-24-,28-25-,29-26-,32-31-,35-34-,38-37-,41-40-,48-45-. The minimum absolute atomic E-state index is 0.105. The molecule has 6 nitrogen and oxygen atoms in total. The van der Waals surface area contributed by atoms with Crippen molar-refractivity contribution in [2.75, 3.05) is 13.2 Å². The first-order valence-corrected chi connectivity index (χ1v) is 31.5. The van der Waals surface area contributed by atoms with Crippen LogP contribution in [0.25, 0.3) is 0 Å². The number of carbonyl (C=O) groups excluding carboxylic acids is 3. The van der Waals surface area contributed by atoms with E-state index in [0.717, 1.165) is 173 Å². The van der Waals surface area contributed by atoms with Gasteiger partial charge in [0, 0.05) is 19.3 Å². The van der Waals surface area contributed by atoms with Crippen LogP contribution in [0.3, 0.4) is 0 Å². The Kier molecular flexibility index (Phi) is 60.4. The molecule has 1 unspecified atom stereocenters. The number of hydrogen-bond acceptors (Lipinski definition) is 6. The van der Waals surface area contributed by atoms with Gasteiger partial charge in [-0.25, -0.2) is 0 Å². The van der Waals surface area contributed by atoms with E-state index in [9.17, 15) is 14.4 Å². The molecule has 0 aromatic rings. The zero-order valence-electron chi connectivity index (χ0n) is 50.1. The van der Waals surface area contributed by atoms with Gasteiger partial charge in [0.2, 0.25) is 0 Å². The fourth-order valence-corrected chi connectivity index (χ4v) is 8.08. The molecule has 0 aliphatic carbocycles. The van der Waals surface area contributed by atoms with Crippen molar-refractivity contribution < 1.29 is 28.6 Å². The summed E-state index contributed by atoms with van der Waals surface area (Å²) in [6, 6.07) is 0. The Hall–Kier alpha value is -4.97. The summed E-state index contributed by atoms with van der Waals surface area (Å²) in [7, 11) is 0. The molecule has 0 aromatic carbocycles. The minimum Gasteiger partial charge on any atom is -0.462 e. The van der Waals surface area contributed by atoms with Crippen LogP contribution in [0.15, 0.2) is 158 Å². The molecule has 0 bridgehead atoms. The SMILES string of the molecule is CC/C=C\C/C=C\C/C=C\C/C=C\C/C=C\C/C=C\C/C=C\CCCCCCCCCC(=O)OCC(COC(=O)CCCCCCC/C=C\C/C=C\CCCC)OC(=O)CCCCCC/C=C\C/C=C\C/C=C\C/C=C\CC. The predicted octanol–water partition coefficient (Wildman–Crippen LogP) is 21.7. The second kappa shape index (κ2) is 64.6. The average molecular weight is 1080 g/mol. The summed E-state index contributed by atoms with van der Waals surface area (Å²) < 4.78 is 16.9. The van der Waals surface area contributed by atoms with Gasteiger partial charge in [-0.2, -0.15) is 0 Å². The molecule has 438 valence electrons. The van der Waals surface area contributed by atoms with Gasteiger partial charge < -0.3 is 14.2 Å². The van der Waals surface area contributed by atoms with Crippen LogP contribution in [0.4, 0.5) is 0 Å². The zero-order valence-corrected chi connectivity index (χ0v) is 50.1. The molecule has 0 radical (unpaired) electrons. The molecule has 0 aliphatic heterocycles. The molecular formula is C72H114O6. The van der Waals surface area contributed by atoms with Crippen molar-refractivity contribution in [3.05, 3.63) is 158 Å². The predicted molar refractivity (Wildman–Crippen MR) is 338 cm³/mol. The lowest BCUT2D eigenvalue weighted by atomic mass is 10.1. The van der Waals surface area contributed by atoms with Gasteiger partial charge in [-0.05, 0) is 141 Å². The van der Waals surface area contributed by atoms with Gasteiger partial charge in [0.05, 0.1) is 0 Å². The van der Waals surface area contributed by atoms with Crippen LogP contribution in [0.1, 0.15) is 258 Å². The Bertz CT molecular complexity index is 1760. The van der Waals surface area contributed by atoms with E-state index < -0.39 is 6.10 Å². The summed E-state index contributed by atoms with van der Waals surface area (Å²) >= 11 is 0. The smallest absolute Gasteiger partial charge is 0.306 e. The topological polar surface area (TPSA) is 78.9 Å². The molecule has 78 heavy (non-hydrogen) atoms. The lowest BCUT2D eigenvalue weighted by Crippen LogP contribution is -2.30. The molecule has 0 heterocycles. The Morgan fingerprint density at radius 1 is 0.269 bits per heavy atom. The molecule has 0 amide bonds. The second-order valence-corrected chi connectivity index (χ2v) is 20.2. The Morgan fingerprint density at radius 2 is 0.500 bits per heavy atom. The van der Waals surface area contributed by atoms with Gasteiger partial charge in [0.15, 0.2) is 6.10 Å². The molecule has 0 N–H and O–H groups in total. The van der Waals surface area contributed by atoms with Crippen molar-refractivity contribution in [2.45, 2.75) is 264 Å². The summed E-state index contributed by atoms with van der Waals surface area (Å²) in [5.41, 5.74) is 0. The van der Waals surface area contributed by atoms with Crippen molar-refractivity contribution in [2.24, 2.45) is 0 Å². The minimum atomic E-state index is -0.810. The number of rotatable bonds is 55. The highest BCUT2D eigenvalue weighted by Gasteiger charge is 2.19. The van der Waals surface area contributed by atoms with Gasteiger partial charge in [-0.3, -0.25) is 14.4 Å². The van der Waals surface area contributed by atoms with Gasteiger partial charge in [0.1, 0.15) is 13.2 Å². The molecular weight excluding hydrogens is 961 g/mol. The molecule has 0 saturated heterocycles. The van der Waals surface area contributed by atoms with Crippen LogP contribution in [0.5, 0.6) is 0 Å². The zero-order chi connectivity index (χ0) is 56.4. The Morgan fingerprint density at radius 3 is 0.782 bits per heavy atom. The lowest BCUT2D eigenvalue weighted by molar-refractivity contribution is -0.167. The lowest BCUT2D eigenvalue weighted by Gasteiger charge is -2.18. The maximum absolute atomic E-state index is 12.9. The van der Waals surface area contributed by atoms with E-state index in [0.29, 0.717) is 12.8 Å². The van der Waals surface area contributed by atoms with E-state index >= 15 is 0 Å². The largest absolute Gasteiger partial charge is 0.462 e. The molecule has 0 saturated carbocycles. The van der Waals surface area contributed by atoms with E-state index in [2.05, 4.69) is 179 Å². The molecule has 0 spiro atoms. The molecule has 0 aromatic heterocycles. The van der Waals surface area contributed by atoms with Crippen LogP contribution in [-0.4, -0.2) is 37.2 Å². The van der Waals surface area contributed by atoms with Crippen molar-refractivity contribution >= 4 is 17.9 Å². The number of hydrogen-bond donors (Lipinski definition) is 0. The highest BCUT2D eigenvalue weighted by molar-refractivity contribution is 5.71. The highest BCUT2D eigenvalue weighted by Crippen LogP contribution is 2.14. The summed E-state index contributed by atoms with van der Waals surface area (Å²) in [5, 5.41) is 0. The maximum atomic E-state index is 12.9. The molecule has 0 aliphatic rings. The Balaban J connectivity index is 4.41.